The molecule has 3 aromatic rings. The number of amides is 1. The van der Waals surface area contributed by atoms with Crippen molar-refractivity contribution in [3.63, 3.8) is 0 Å². The predicted octanol–water partition coefficient (Wildman–Crippen LogP) is 1.15. The van der Waals surface area contributed by atoms with Crippen LogP contribution in [0.2, 0.25) is 0 Å². The van der Waals surface area contributed by atoms with E-state index in [0.29, 0.717) is 35.6 Å². The number of hydrogen-bond acceptors (Lipinski definition) is 7. The Balaban J connectivity index is 1.54. The average Bonchev–Trinajstić information content (AvgIpc) is 3.14. The molecule has 154 valence electrons. The average molecular weight is 405 g/mol. The van der Waals surface area contributed by atoms with Crippen molar-refractivity contribution < 1.29 is 9.90 Å². The molecular formula is C21H23N7O2. The van der Waals surface area contributed by atoms with E-state index in [1.54, 1.807) is 34.9 Å². The lowest BCUT2D eigenvalue weighted by molar-refractivity contribution is -0.142. The first kappa shape index (κ1) is 19.6. The number of benzene rings is 1. The van der Waals surface area contributed by atoms with Crippen molar-refractivity contribution in [2.75, 3.05) is 18.8 Å². The van der Waals surface area contributed by atoms with E-state index < -0.39 is 12.1 Å². The van der Waals surface area contributed by atoms with Crippen LogP contribution in [0.15, 0.2) is 48.9 Å². The van der Waals surface area contributed by atoms with E-state index in [1.165, 1.54) is 6.21 Å². The van der Waals surface area contributed by atoms with E-state index in [1.807, 2.05) is 30.3 Å². The number of allylic oxidation sites excluding steroid dienone is 1. The molecule has 1 amide bonds. The third kappa shape index (κ3) is 3.74. The normalized spacial score (nSPS) is 15.7. The lowest BCUT2D eigenvalue weighted by Gasteiger charge is -2.37. The van der Waals surface area contributed by atoms with Gasteiger partial charge in [0.25, 0.3) is 0 Å². The number of carbonyl (C=O) groups is 1. The molecule has 9 heteroatoms. The highest BCUT2D eigenvalue weighted by Crippen LogP contribution is 2.23. The molecule has 1 aliphatic heterocycles. The van der Waals surface area contributed by atoms with Crippen LogP contribution in [0, 0.1) is 5.41 Å². The molecule has 1 fully saturated rings. The summed E-state index contributed by atoms with van der Waals surface area (Å²) in [5, 5.41) is 24.6. The molecule has 2 aromatic heterocycles. The number of aliphatic hydroxyl groups excluding tert-OH is 1. The second-order valence-corrected chi connectivity index (χ2v) is 7.31. The number of nitrogens with one attached hydrogen (secondary N) is 2. The highest BCUT2D eigenvalue weighted by atomic mass is 16.3. The number of anilines is 1. The molecule has 0 radical (unpaired) electrons. The molecule has 1 unspecified atom stereocenters. The maximum Gasteiger partial charge on any atom is 0.244 e. The summed E-state index contributed by atoms with van der Waals surface area (Å²) in [6, 6.07) is 8.87. The minimum absolute atomic E-state index is 0.0884. The lowest BCUT2D eigenvalue weighted by Crippen LogP contribution is -2.57. The summed E-state index contributed by atoms with van der Waals surface area (Å²) < 4.78 is 1.72. The topological polar surface area (TPSA) is 133 Å². The zero-order valence-corrected chi connectivity index (χ0v) is 16.5. The number of fused-ring (bicyclic) bond motifs is 1. The van der Waals surface area contributed by atoms with Gasteiger partial charge in [-0.15, -0.1) is 0 Å². The molecule has 30 heavy (non-hydrogen) atoms. The second kappa shape index (κ2) is 7.96. The van der Waals surface area contributed by atoms with E-state index in [2.05, 4.69) is 15.4 Å². The first-order valence-electron chi connectivity index (χ1n) is 9.60. The molecule has 4 rings (SSSR count). The van der Waals surface area contributed by atoms with Crippen LogP contribution >= 0.6 is 0 Å². The van der Waals surface area contributed by atoms with E-state index in [9.17, 15) is 9.90 Å². The standard InChI is InChI=1S/C21H23N7O2/c1-13(21(30)27-11-18(29)12-27)24-8-16(7-22)15-6-20-25-10-19(28(20)26-9-15)14-3-2-4-17(23)5-14/h2-10,13,18,22,24,29H,11-12,23H2,1H3/b16-8+,22-7?. The molecule has 5 N–H and O–H groups in total. The molecular weight excluding hydrogens is 382 g/mol. The zero-order chi connectivity index (χ0) is 21.3. The summed E-state index contributed by atoms with van der Waals surface area (Å²) in [7, 11) is 0. The summed E-state index contributed by atoms with van der Waals surface area (Å²) in [5.41, 5.74) is 10.2. The number of carbonyl (C=O) groups excluding carboxylic acids is 1. The van der Waals surface area contributed by atoms with Crippen molar-refractivity contribution in [1.82, 2.24) is 24.8 Å². The summed E-state index contributed by atoms with van der Waals surface area (Å²) in [4.78, 5) is 18.3. The molecule has 1 atom stereocenters. The van der Waals surface area contributed by atoms with Crippen LogP contribution in [0.25, 0.3) is 22.5 Å². The van der Waals surface area contributed by atoms with Gasteiger partial charge in [-0.05, 0) is 25.1 Å². The summed E-state index contributed by atoms with van der Waals surface area (Å²) in [6.07, 6.45) is 5.78. The Bertz CT molecular complexity index is 1130. The molecule has 0 aliphatic carbocycles. The fraction of sp³-hybridized carbons (Fsp3) is 0.238. The molecule has 0 bridgehead atoms. The number of rotatable bonds is 6. The minimum Gasteiger partial charge on any atom is -0.399 e. The van der Waals surface area contributed by atoms with Crippen LogP contribution in [-0.4, -0.2) is 62.0 Å². The maximum atomic E-state index is 12.3. The van der Waals surface area contributed by atoms with E-state index in [4.69, 9.17) is 11.1 Å². The van der Waals surface area contributed by atoms with E-state index >= 15 is 0 Å². The van der Waals surface area contributed by atoms with Crippen LogP contribution in [-0.2, 0) is 4.79 Å². The van der Waals surface area contributed by atoms with Crippen LogP contribution in [0.4, 0.5) is 5.69 Å². The van der Waals surface area contributed by atoms with Crippen molar-refractivity contribution in [3.05, 3.63) is 54.5 Å². The lowest BCUT2D eigenvalue weighted by atomic mass is 10.1. The molecule has 1 aliphatic rings. The zero-order valence-electron chi connectivity index (χ0n) is 16.5. The van der Waals surface area contributed by atoms with Crippen molar-refractivity contribution in [2.24, 2.45) is 0 Å². The molecule has 3 heterocycles. The van der Waals surface area contributed by atoms with Gasteiger partial charge in [0.2, 0.25) is 5.91 Å². The molecule has 0 saturated carbocycles. The molecule has 1 saturated heterocycles. The van der Waals surface area contributed by atoms with Crippen molar-refractivity contribution >= 4 is 29.0 Å². The minimum atomic E-state index is -0.467. The smallest absolute Gasteiger partial charge is 0.244 e. The third-order valence-electron chi connectivity index (χ3n) is 5.07. The van der Waals surface area contributed by atoms with Gasteiger partial charge in [-0.3, -0.25) is 4.79 Å². The highest BCUT2D eigenvalue weighted by Gasteiger charge is 2.31. The number of nitrogens with two attached hydrogens (primary N) is 1. The Morgan fingerprint density at radius 2 is 2.17 bits per heavy atom. The first-order valence-corrected chi connectivity index (χ1v) is 9.60. The van der Waals surface area contributed by atoms with Crippen LogP contribution in [0.1, 0.15) is 12.5 Å². The van der Waals surface area contributed by atoms with Crippen LogP contribution in [0.3, 0.4) is 0 Å². The number of hydrogen-bond donors (Lipinski definition) is 4. The summed E-state index contributed by atoms with van der Waals surface area (Å²) in [6.45, 7) is 2.47. The fourth-order valence-electron chi connectivity index (χ4n) is 3.33. The predicted molar refractivity (Wildman–Crippen MR) is 115 cm³/mol. The SMILES string of the molecule is CC(N/C=C(\C=N)c1cnn2c(-c3cccc(N)c3)cnc2c1)C(=O)N1CC(O)C1. The monoisotopic (exact) mass is 405 g/mol. The second-order valence-electron chi connectivity index (χ2n) is 7.31. The van der Waals surface area contributed by atoms with Gasteiger partial charge in [-0.1, -0.05) is 12.1 Å². The summed E-state index contributed by atoms with van der Waals surface area (Å²) >= 11 is 0. The molecule has 0 spiro atoms. The van der Waals surface area contributed by atoms with Gasteiger partial charge in [-0.25, -0.2) is 9.50 Å². The Labute approximate surface area is 173 Å². The Morgan fingerprint density at radius 1 is 1.37 bits per heavy atom. The van der Waals surface area contributed by atoms with Crippen LogP contribution < -0.4 is 11.1 Å². The van der Waals surface area contributed by atoms with Gasteiger partial charge in [-0.2, -0.15) is 5.10 Å². The first-order chi connectivity index (χ1) is 14.5. The highest BCUT2D eigenvalue weighted by molar-refractivity contribution is 6.08. The van der Waals surface area contributed by atoms with Crippen molar-refractivity contribution in [1.29, 1.82) is 5.41 Å². The summed E-state index contributed by atoms with van der Waals surface area (Å²) in [5.74, 6) is -0.0884. The van der Waals surface area contributed by atoms with Gasteiger partial charge in [0, 0.05) is 47.9 Å². The van der Waals surface area contributed by atoms with Crippen molar-refractivity contribution in [2.45, 2.75) is 19.1 Å². The largest absolute Gasteiger partial charge is 0.399 e. The van der Waals surface area contributed by atoms with Gasteiger partial charge >= 0.3 is 0 Å². The van der Waals surface area contributed by atoms with Crippen LogP contribution in [0.5, 0.6) is 0 Å². The molecule has 1 aromatic carbocycles. The number of β-amino-alcohol motifs (C(OH)–C–C–N with tert-alkyl or cyclic N) is 1. The Morgan fingerprint density at radius 3 is 2.87 bits per heavy atom. The molecule has 9 nitrogen and oxygen atoms in total. The number of aliphatic hydroxyl groups is 1. The quantitative estimate of drug-likeness (QED) is 0.359. The van der Waals surface area contributed by atoms with E-state index in [0.717, 1.165) is 11.3 Å². The maximum absolute atomic E-state index is 12.3. The van der Waals surface area contributed by atoms with Gasteiger partial charge in [0.05, 0.1) is 24.2 Å². The number of likely N-dealkylation sites (tertiary alicyclic amines) is 1. The number of aromatic nitrogens is 3. The van der Waals surface area contributed by atoms with Gasteiger partial charge in [0.15, 0.2) is 5.65 Å². The Kier molecular flexibility index (Phi) is 5.20. The van der Waals surface area contributed by atoms with Gasteiger partial charge < -0.3 is 26.5 Å². The third-order valence-corrected chi connectivity index (χ3v) is 5.07. The van der Waals surface area contributed by atoms with Crippen molar-refractivity contribution in [3.8, 4) is 11.3 Å². The number of imidazole rings is 1. The van der Waals surface area contributed by atoms with Gasteiger partial charge in [0.1, 0.15) is 6.04 Å². The number of nitrogens with zero attached hydrogens (tertiary/aromatic N) is 4. The van der Waals surface area contributed by atoms with E-state index in [-0.39, 0.29) is 5.91 Å². The Hall–Kier alpha value is -3.72. The fourth-order valence-corrected chi connectivity index (χ4v) is 3.33. The number of nitrogen functional groups attached to an aromatic ring is 1.